The van der Waals surface area contributed by atoms with Crippen LogP contribution in [0, 0.1) is 15.9 Å². The second kappa shape index (κ2) is 6.65. The number of nitro groups is 1. The Morgan fingerprint density at radius 2 is 2.00 bits per heavy atom. The van der Waals surface area contributed by atoms with Gasteiger partial charge in [0.1, 0.15) is 17.5 Å². The van der Waals surface area contributed by atoms with Crippen LogP contribution < -0.4 is 10.6 Å². The molecule has 1 amide bonds. The second-order valence-electron chi connectivity index (χ2n) is 4.57. The van der Waals surface area contributed by atoms with E-state index in [1.807, 2.05) is 0 Å². The standard InChI is InChI=1S/C12H15BrFN3O3/c1-6(2)15-12(18)7(3)16-10-5-9(14)8(13)4-11(10)17(19)20/h4-7,16H,1-3H3,(H,15,18). The molecule has 6 nitrogen and oxygen atoms in total. The summed E-state index contributed by atoms with van der Waals surface area (Å²) in [6.45, 7) is 5.14. The summed E-state index contributed by atoms with van der Waals surface area (Å²) in [6.07, 6.45) is 0. The van der Waals surface area contributed by atoms with Gasteiger partial charge in [-0.05, 0) is 36.7 Å². The van der Waals surface area contributed by atoms with E-state index in [0.717, 1.165) is 12.1 Å². The highest BCUT2D eigenvalue weighted by molar-refractivity contribution is 9.10. The van der Waals surface area contributed by atoms with Crippen molar-refractivity contribution >= 4 is 33.2 Å². The molecule has 0 radical (unpaired) electrons. The molecule has 1 atom stereocenters. The van der Waals surface area contributed by atoms with Gasteiger partial charge in [-0.25, -0.2) is 4.39 Å². The minimum atomic E-state index is -0.725. The van der Waals surface area contributed by atoms with Gasteiger partial charge in [-0.3, -0.25) is 14.9 Å². The van der Waals surface area contributed by atoms with Crippen LogP contribution in [-0.2, 0) is 4.79 Å². The number of nitrogens with zero attached hydrogens (tertiary/aromatic N) is 1. The average molecular weight is 348 g/mol. The van der Waals surface area contributed by atoms with Crippen LogP contribution in [-0.4, -0.2) is 22.9 Å². The molecule has 0 bridgehead atoms. The highest BCUT2D eigenvalue weighted by atomic mass is 79.9. The van der Waals surface area contributed by atoms with E-state index in [4.69, 9.17) is 0 Å². The van der Waals surface area contributed by atoms with Crippen molar-refractivity contribution in [2.45, 2.75) is 32.9 Å². The number of nitrogens with one attached hydrogen (secondary N) is 2. The quantitative estimate of drug-likeness (QED) is 0.633. The van der Waals surface area contributed by atoms with Gasteiger partial charge in [0.15, 0.2) is 0 Å². The van der Waals surface area contributed by atoms with E-state index in [9.17, 15) is 19.3 Å². The van der Waals surface area contributed by atoms with Crippen molar-refractivity contribution in [1.82, 2.24) is 5.32 Å². The number of rotatable bonds is 5. The molecule has 110 valence electrons. The SMILES string of the molecule is CC(C)NC(=O)C(C)Nc1cc(F)c(Br)cc1[N+](=O)[O-]. The summed E-state index contributed by atoms with van der Waals surface area (Å²) < 4.78 is 13.5. The van der Waals surface area contributed by atoms with E-state index in [-0.39, 0.29) is 27.8 Å². The van der Waals surface area contributed by atoms with E-state index in [1.54, 1.807) is 20.8 Å². The third-order valence-corrected chi connectivity index (χ3v) is 3.04. The van der Waals surface area contributed by atoms with Gasteiger partial charge in [0, 0.05) is 18.2 Å². The average Bonchev–Trinajstić information content (AvgIpc) is 2.32. The number of amides is 1. The number of hydrogen-bond acceptors (Lipinski definition) is 4. The molecule has 0 aliphatic carbocycles. The summed E-state index contributed by atoms with van der Waals surface area (Å²) in [6, 6.07) is 1.27. The summed E-state index contributed by atoms with van der Waals surface area (Å²) in [5, 5.41) is 16.2. The van der Waals surface area contributed by atoms with Crippen LogP contribution in [0.5, 0.6) is 0 Å². The predicted octanol–water partition coefficient (Wildman–Crippen LogP) is 2.82. The highest BCUT2D eigenvalue weighted by Gasteiger charge is 2.21. The number of nitro benzene ring substituents is 1. The van der Waals surface area contributed by atoms with E-state index in [2.05, 4.69) is 26.6 Å². The molecule has 0 aliphatic rings. The molecule has 0 aromatic heterocycles. The topological polar surface area (TPSA) is 84.3 Å². The first-order chi connectivity index (χ1) is 9.22. The number of halogens is 2. The van der Waals surface area contributed by atoms with Gasteiger partial charge in [-0.2, -0.15) is 0 Å². The lowest BCUT2D eigenvalue weighted by molar-refractivity contribution is -0.384. The molecular weight excluding hydrogens is 333 g/mol. The summed E-state index contributed by atoms with van der Waals surface area (Å²) in [4.78, 5) is 22.0. The molecule has 0 saturated carbocycles. The molecular formula is C12H15BrFN3O3. The largest absolute Gasteiger partial charge is 0.368 e. The second-order valence-corrected chi connectivity index (χ2v) is 5.42. The van der Waals surface area contributed by atoms with Gasteiger partial charge in [0.2, 0.25) is 5.91 Å². The Morgan fingerprint density at radius 3 is 2.50 bits per heavy atom. The molecule has 0 aliphatic heterocycles. The van der Waals surface area contributed by atoms with Crippen LogP contribution in [0.1, 0.15) is 20.8 Å². The predicted molar refractivity (Wildman–Crippen MR) is 77.1 cm³/mol. The molecule has 0 fully saturated rings. The van der Waals surface area contributed by atoms with E-state index in [0.29, 0.717) is 0 Å². The van der Waals surface area contributed by atoms with Crippen molar-refractivity contribution in [3.05, 3.63) is 32.5 Å². The lowest BCUT2D eigenvalue weighted by Crippen LogP contribution is -2.41. The third kappa shape index (κ3) is 4.16. The maximum Gasteiger partial charge on any atom is 0.293 e. The van der Waals surface area contributed by atoms with E-state index in [1.165, 1.54) is 0 Å². The van der Waals surface area contributed by atoms with Crippen molar-refractivity contribution in [2.75, 3.05) is 5.32 Å². The Kier molecular flexibility index (Phi) is 5.43. The van der Waals surface area contributed by atoms with Crippen LogP contribution in [0.2, 0.25) is 0 Å². The molecule has 2 N–H and O–H groups in total. The minimum absolute atomic E-state index is 0.00552. The third-order valence-electron chi connectivity index (χ3n) is 2.43. The van der Waals surface area contributed by atoms with Crippen LogP contribution in [0.15, 0.2) is 16.6 Å². The molecule has 20 heavy (non-hydrogen) atoms. The smallest absolute Gasteiger partial charge is 0.293 e. The van der Waals surface area contributed by atoms with Crippen molar-refractivity contribution in [3.8, 4) is 0 Å². The zero-order valence-corrected chi connectivity index (χ0v) is 12.8. The van der Waals surface area contributed by atoms with Gasteiger partial charge >= 0.3 is 0 Å². The Morgan fingerprint density at radius 1 is 1.40 bits per heavy atom. The van der Waals surface area contributed by atoms with E-state index < -0.39 is 16.8 Å². The number of benzene rings is 1. The van der Waals surface area contributed by atoms with Crippen molar-refractivity contribution < 1.29 is 14.1 Å². The Hall–Kier alpha value is -1.70. The van der Waals surface area contributed by atoms with Gasteiger partial charge < -0.3 is 10.6 Å². The maximum absolute atomic E-state index is 13.5. The Bertz CT molecular complexity index is 537. The number of hydrogen-bond donors (Lipinski definition) is 2. The zero-order chi connectivity index (χ0) is 15.4. The summed E-state index contributed by atoms with van der Waals surface area (Å²) in [5.74, 6) is -0.966. The molecule has 0 heterocycles. The fourth-order valence-corrected chi connectivity index (χ4v) is 1.84. The lowest BCUT2D eigenvalue weighted by Gasteiger charge is -2.17. The highest BCUT2D eigenvalue weighted by Crippen LogP contribution is 2.30. The molecule has 1 unspecified atom stereocenters. The van der Waals surface area contributed by atoms with Crippen LogP contribution >= 0.6 is 15.9 Å². The number of carbonyl (C=O) groups is 1. The lowest BCUT2D eigenvalue weighted by atomic mass is 10.2. The first-order valence-electron chi connectivity index (χ1n) is 5.92. The zero-order valence-electron chi connectivity index (χ0n) is 11.2. The number of anilines is 1. The number of carbonyl (C=O) groups excluding carboxylic acids is 1. The van der Waals surface area contributed by atoms with Gasteiger partial charge in [-0.1, -0.05) is 0 Å². The van der Waals surface area contributed by atoms with E-state index >= 15 is 0 Å². The van der Waals surface area contributed by atoms with Crippen LogP contribution in [0.25, 0.3) is 0 Å². The summed E-state index contributed by atoms with van der Waals surface area (Å²) in [7, 11) is 0. The first kappa shape index (κ1) is 16.4. The fraction of sp³-hybridized carbons (Fsp3) is 0.417. The monoisotopic (exact) mass is 347 g/mol. The minimum Gasteiger partial charge on any atom is -0.368 e. The molecule has 1 rings (SSSR count). The first-order valence-corrected chi connectivity index (χ1v) is 6.72. The van der Waals surface area contributed by atoms with Crippen molar-refractivity contribution in [2.24, 2.45) is 0 Å². The fourth-order valence-electron chi connectivity index (χ4n) is 1.51. The van der Waals surface area contributed by atoms with Gasteiger partial charge in [-0.15, -0.1) is 0 Å². The van der Waals surface area contributed by atoms with Gasteiger partial charge in [0.25, 0.3) is 5.69 Å². The van der Waals surface area contributed by atoms with Crippen molar-refractivity contribution in [1.29, 1.82) is 0 Å². The molecule has 0 saturated heterocycles. The van der Waals surface area contributed by atoms with Crippen LogP contribution in [0.4, 0.5) is 15.8 Å². The maximum atomic E-state index is 13.5. The van der Waals surface area contributed by atoms with Crippen molar-refractivity contribution in [3.63, 3.8) is 0 Å². The molecule has 0 spiro atoms. The summed E-state index contributed by atoms with van der Waals surface area (Å²) in [5.41, 5.74) is -0.343. The molecule has 8 heteroatoms. The Balaban J connectivity index is 2.99. The molecule has 1 aromatic carbocycles. The van der Waals surface area contributed by atoms with Gasteiger partial charge in [0.05, 0.1) is 9.40 Å². The molecule has 1 aromatic rings. The Labute approximate surface area is 124 Å². The summed E-state index contributed by atoms with van der Waals surface area (Å²) >= 11 is 2.89. The normalized spacial score (nSPS) is 12.1. The van der Waals surface area contributed by atoms with Crippen LogP contribution in [0.3, 0.4) is 0 Å².